The van der Waals surface area contributed by atoms with E-state index >= 15 is 0 Å². The maximum Gasteiger partial charge on any atom is 0.257 e. The second-order valence-corrected chi connectivity index (χ2v) is 9.09. The Morgan fingerprint density at radius 3 is 2.70 bits per heavy atom. The highest BCUT2D eigenvalue weighted by atomic mass is 32.2. The molecule has 0 aliphatic heterocycles. The van der Waals surface area contributed by atoms with Crippen LogP contribution in [0.5, 0.6) is 0 Å². The largest absolute Gasteiger partial charge is 0.431 e. The van der Waals surface area contributed by atoms with Gasteiger partial charge in [0.25, 0.3) is 5.22 Å². The second-order valence-electron chi connectivity index (χ2n) is 6.23. The van der Waals surface area contributed by atoms with Crippen molar-refractivity contribution in [1.82, 2.24) is 9.29 Å². The number of rotatable bonds is 8. The van der Waals surface area contributed by atoms with Gasteiger partial charge in [0.1, 0.15) is 5.52 Å². The van der Waals surface area contributed by atoms with Crippen LogP contribution in [0.4, 0.5) is 5.69 Å². The highest BCUT2D eigenvalue weighted by Gasteiger charge is 2.22. The lowest BCUT2D eigenvalue weighted by molar-refractivity contribution is -0.113. The molecule has 2 aromatic carbocycles. The zero-order valence-corrected chi connectivity index (χ0v) is 18.1. The van der Waals surface area contributed by atoms with Crippen molar-refractivity contribution in [2.75, 3.05) is 24.2 Å². The number of hydrogen-bond acceptors (Lipinski definition) is 7. The summed E-state index contributed by atoms with van der Waals surface area (Å²) in [6, 6.07) is 13.2. The number of amides is 1. The van der Waals surface area contributed by atoms with E-state index < -0.39 is 10.0 Å². The molecule has 0 saturated carbocycles. The number of nitrogens with one attached hydrogen (secondary N) is 1. The molecule has 0 unspecified atom stereocenters. The monoisotopic (exact) mass is 444 g/mol. The molecule has 8 nitrogen and oxygen atoms in total. The predicted molar refractivity (Wildman–Crippen MR) is 115 cm³/mol. The lowest BCUT2D eigenvalue weighted by Crippen LogP contribution is -2.30. The molecule has 0 radical (unpaired) electrons. The molecule has 10 heteroatoms. The molecular weight excluding hydrogens is 424 g/mol. The van der Waals surface area contributed by atoms with E-state index in [9.17, 15) is 13.2 Å². The van der Waals surface area contributed by atoms with Gasteiger partial charge < -0.3 is 9.73 Å². The van der Waals surface area contributed by atoms with Gasteiger partial charge >= 0.3 is 0 Å². The minimum absolute atomic E-state index is 0.0498. The lowest BCUT2D eigenvalue weighted by atomic mass is 10.2. The van der Waals surface area contributed by atoms with Crippen molar-refractivity contribution in [3.63, 3.8) is 0 Å². The fourth-order valence-electron chi connectivity index (χ4n) is 2.81. The zero-order chi connectivity index (χ0) is 21.7. The van der Waals surface area contributed by atoms with E-state index in [0.717, 1.165) is 11.8 Å². The van der Waals surface area contributed by atoms with Crippen molar-refractivity contribution in [3.05, 3.63) is 48.0 Å². The van der Waals surface area contributed by atoms with Gasteiger partial charge in [-0.3, -0.25) is 4.79 Å². The van der Waals surface area contributed by atoms with Crippen molar-refractivity contribution in [1.29, 1.82) is 5.26 Å². The van der Waals surface area contributed by atoms with Crippen molar-refractivity contribution < 1.29 is 17.6 Å². The molecule has 1 N–H and O–H groups in total. The number of carbonyl (C=O) groups excluding carboxylic acids is 1. The van der Waals surface area contributed by atoms with Gasteiger partial charge in [0.15, 0.2) is 5.58 Å². The number of sulfonamides is 1. The number of thioether (sulfide) groups is 1. The fraction of sp³-hybridized carbons (Fsp3) is 0.250. The number of nitrogens with zero attached hydrogens (tertiary/aromatic N) is 3. The van der Waals surface area contributed by atoms with Crippen molar-refractivity contribution in [2.24, 2.45) is 0 Å². The third-order valence-electron chi connectivity index (χ3n) is 4.28. The van der Waals surface area contributed by atoms with E-state index in [2.05, 4.69) is 10.3 Å². The molecule has 1 aromatic heterocycles. The molecule has 0 atom stereocenters. The molecule has 0 fully saturated rings. The van der Waals surface area contributed by atoms with Crippen LogP contribution in [-0.4, -0.2) is 42.5 Å². The molecule has 3 aromatic rings. The predicted octanol–water partition coefficient (Wildman–Crippen LogP) is 3.46. The topological polar surface area (TPSA) is 116 Å². The summed E-state index contributed by atoms with van der Waals surface area (Å²) >= 11 is 1.10. The minimum atomic E-state index is -3.59. The first-order valence-electron chi connectivity index (χ1n) is 9.21. The first-order valence-corrected chi connectivity index (χ1v) is 11.6. The van der Waals surface area contributed by atoms with Crippen LogP contribution in [0.25, 0.3) is 11.1 Å². The van der Waals surface area contributed by atoms with E-state index in [1.807, 2.05) is 6.07 Å². The van der Waals surface area contributed by atoms with E-state index in [1.54, 1.807) is 44.2 Å². The number of hydrogen-bond donors (Lipinski definition) is 1. The standard InChI is InChI=1S/C20H20N4O4S2/c1-3-24(4-2)30(26,27)16-8-9-18-17(11-16)23-20(28-18)29-13-19(25)22-15-7-5-6-14(10-15)12-21/h5-11H,3-4,13H2,1-2H3,(H,22,25). The summed E-state index contributed by atoms with van der Waals surface area (Å²) in [5, 5.41) is 11.9. The van der Waals surface area contributed by atoms with Gasteiger partial charge in [-0.05, 0) is 36.4 Å². The number of oxazole rings is 1. The number of fused-ring (bicyclic) bond motifs is 1. The van der Waals surface area contributed by atoms with Crippen LogP contribution < -0.4 is 5.32 Å². The zero-order valence-electron chi connectivity index (χ0n) is 16.5. The Labute approximate surface area is 178 Å². The number of carbonyl (C=O) groups is 1. The van der Waals surface area contributed by atoms with Gasteiger partial charge in [0, 0.05) is 18.8 Å². The van der Waals surface area contributed by atoms with Gasteiger partial charge in [-0.2, -0.15) is 9.57 Å². The van der Waals surface area contributed by atoms with Gasteiger partial charge in [-0.25, -0.2) is 13.4 Å². The Hall–Kier alpha value is -2.87. The van der Waals surface area contributed by atoms with Crippen molar-refractivity contribution >= 4 is 44.5 Å². The van der Waals surface area contributed by atoms with Crippen LogP contribution >= 0.6 is 11.8 Å². The summed E-state index contributed by atoms with van der Waals surface area (Å²) in [7, 11) is -3.59. The molecule has 1 amide bonds. The molecule has 0 aliphatic rings. The Morgan fingerprint density at radius 1 is 1.23 bits per heavy atom. The summed E-state index contributed by atoms with van der Waals surface area (Å²) in [6.45, 7) is 4.32. The van der Waals surface area contributed by atoms with Crippen molar-refractivity contribution in [2.45, 2.75) is 24.0 Å². The van der Waals surface area contributed by atoms with Crippen LogP contribution in [0.3, 0.4) is 0 Å². The summed E-state index contributed by atoms with van der Waals surface area (Å²) < 4.78 is 32.3. The van der Waals surface area contributed by atoms with Gasteiger partial charge in [-0.1, -0.05) is 31.7 Å². The molecule has 3 rings (SSSR count). The summed E-state index contributed by atoms with van der Waals surface area (Å²) in [6.07, 6.45) is 0. The fourth-order valence-corrected chi connectivity index (χ4v) is 4.93. The lowest BCUT2D eigenvalue weighted by Gasteiger charge is -2.18. The third-order valence-corrected chi connectivity index (χ3v) is 7.16. The summed E-state index contributed by atoms with van der Waals surface area (Å²) in [4.78, 5) is 16.6. The second kappa shape index (κ2) is 9.30. The van der Waals surface area contributed by atoms with Crippen LogP contribution in [0.15, 0.2) is 57.0 Å². The number of nitriles is 1. The first-order chi connectivity index (χ1) is 14.4. The maximum atomic E-state index is 12.7. The SMILES string of the molecule is CCN(CC)S(=O)(=O)c1ccc2oc(SCC(=O)Nc3cccc(C#N)c3)nc2c1. The Balaban J connectivity index is 1.70. The molecule has 30 heavy (non-hydrogen) atoms. The molecular formula is C20H20N4O4S2. The average molecular weight is 445 g/mol. The number of benzene rings is 2. The van der Waals surface area contributed by atoms with E-state index in [4.69, 9.17) is 9.68 Å². The average Bonchev–Trinajstić information content (AvgIpc) is 3.15. The number of anilines is 1. The molecule has 1 heterocycles. The number of aromatic nitrogens is 1. The molecule has 0 aliphatic carbocycles. The van der Waals surface area contributed by atoms with E-state index in [0.29, 0.717) is 35.4 Å². The maximum absolute atomic E-state index is 12.7. The van der Waals surface area contributed by atoms with E-state index in [1.165, 1.54) is 16.4 Å². The Morgan fingerprint density at radius 2 is 2.00 bits per heavy atom. The third kappa shape index (κ3) is 4.81. The van der Waals surface area contributed by atoms with Crippen molar-refractivity contribution in [3.8, 4) is 6.07 Å². The van der Waals surface area contributed by atoms with Crippen LogP contribution in [0.2, 0.25) is 0 Å². The Kier molecular flexibility index (Phi) is 6.77. The smallest absolute Gasteiger partial charge is 0.257 e. The highest BCUT2D eigenvalue weighted by molar-refractivity contribution is 7.99. The van der Waals surface area contributed by atoms with Crippen LogP contribution in [0.1, 0.15) is 19.4 Å². The van der Waals surface area contributed by atoms with Gasteiger partial charge in [-0.15, -0.1) is 0 Å². The summed E-state index contributed by atoms with van der Waals surface area (Å²) in [5.74, 6) is -0.226. The normalized spacial score (nSPS) is 11.5. The van der Waals surface area contributed by atoms with Crippen LogP contribution in [0, 0.1) is 11.3 Å². The molecule has 0 saturated heterocycles. The quantitative estimate of drug-likeness (QED) is 0.529. The first kappa shape index (κ1) is 21.8. The van der Waals surface area contributed by atoms with Crippen LogP contribution in [-0.2, 0) is 14.8 Å². The van der Waals surface area contributed by atoms with Gasteiger partial charge in [0.2, 0.25) is 15.9 Å². The minimum Gasteiger partial charge on any atom is -0.431 e. The van der Waals surface area contributed by atoms with Gasteiger partial charge in [0.05, 0.1) is 22.3 Å². The summed E-state index contributed by atoms with van der Waals surface area (Å²) in [5.41, 5.74) is 1.84. The Bertz CT molecular complexity index is 1210. The molecule has 156 valence electrons. The molecule has 0 bridgehead atoms. The molecule has 0 spiro atoms. The highest BCUT2D eigenvalue weighted by Crippen LogP contribution is 2.26. The van der Waals surface area contributed by atoms with E-state index in [-0.39, 0.29) is 21.8 Å².